The van der Waals surface area contributed by atoms with E-state index >= 15 is 0 Å². The predicted molar refractivity (Wildman–Crippen MR) is 95.9 cm³/mol. The summed E-state index contributed by atoms with van der Waals surface area (Å²) >= 11 is 0. The van der Waals surface area contributed by atoms with E-state index in [1.807, 2.05) is 0 Å². The van der Waals surface area contributed by atoms with E-state index in [2.05, 4.69) is 31.4 Å². The normalized spacial score (nSPS) is 36.9. The first-order valence-electron chi connectivity index (χ1n) is 9.20. The van der Waals surface area contributed by atoms with Gasteiger partial charge >= 0.3 is 0 Å². The van der Waals surface area contributed by atoms with Crippen LogP contribution >= 0.6 is 0 Å². The van der Waals surface area contributed by atoms with E-state index in [4.69, 9.17) is 9.73 Å². The van der Waals surface area contributed by atoms with Crippen molar-refractivity contribution in [3.8, 4) is 0 Å². The third kappa shape index (κ3) is 3.57. The zero-order valence-electron chi connectivity index (χ0n) is 15.0. The minimum Gasteiger partial charge on any atom is -0.377 e. The number of rotatable bonds is 5. The van der Waals surface area contributed by atoms with E-state index in [9.17, 15) is 8.42 Å². The molecule has 138 valence electrons. The van der Waals surface area contributed by atoms with Crippen LogP contribution in [0.25, 0.3) is 0 Å². The maximum atomic E-state index is 11.6. The Morgan fingerprint density at radius 1 is 1.33 bits per heavy atom. The maximum absolute atomic E-state index is 11.6. The average molecular weight is 358 g/mol. The number of hydrogen-bond donors (Lipinski definition) is 2. The summed E-state index contributed by atoms with van der Waals surface area (Å²) in [6, 6.07) is 0.361. The molecule has 6 nitrogen and oxygen atoms in total. The quantitative estimate of drug-likeness (QED) is 0.570. The van der Waals surface area contributed by atoms with Gasteiger partial charge in [0.2, 0.25) is 0 Å². The Kier molecular flexibility index (Phi) is 5.12. The fourth-order valence-electron chi connectivity index (χ4n) is 4.40. The number of sulfone groups is 1. The van der Waals surface area contributed by atoms with Crippen LogP contribution in [0.1, 0.15) is 40.0 Å². The zero-order valence-corrected chi connectivity index (χ0v) is 15.9. The summed E-state index contributed by atoms with van der Waals surface area (Å²) < 4.78 is 29.1. The van der Waals surface area contributed by atoms with Gasteiger partial charge in [-0.05, 0) is 25.2 Å². The number of guanidine groups is 1. The molecule has 0 radical (unpaired) electrons. The van der Waals surface area contributed by atoms with Gasteiger partial charge in [0, 0.05) is 37.1 Å². The molecular weight excluding hydrogens is 326 g/mol. The van der Waals surface area contributed by atoms with Crippen molar-refractivity contribution in [2.75, 3.05) is 31.2 Å². The number of fused-ring (bicyclic) bond motifs is 1. The number of nitrogens with zero attached hydrogens (tertiary/aromatic N) is 1. The molecule has 3 fully saturated rings. The molecule has 0 aromatic carbocycles. The first kappa shape index (κ1) is 18.0. The van der Waals surface area contributed by atoms with Crippen LogP contribution in [-0.4, -0.2) is 57.7 Å². The highest BCUT2D eigenvalue weighted by atomic mass is 32.2. The summed E-state index contributed by atoms with van der Waals surface area (Å²) in [5.41, 5.74) is 0.104. The molecule has 4 unspecified atom stereocenters. The lowest BCUT2D eigenvalue weighted by Gasteiger charge is -2.55. The molecule has 0 bridgehead atoms. The Balaban J connectivity index is 1.62. The van der Waals surface area contributed by atoms with Crippen molar-refractivity contribution in [1.82, 2.24) is 10.6 Å². The minimum atomic E-state index is -2.83. The van der Waals surface area contributed by atoms with Crippen molar-refractivity contribution >= 4 is 15.8 Å². The second-order valence-corrected chi connectivity index (χ2v) is 10.3. The Hall–Kier alpha value is -0.820. The summed E-state index contributed by atoms with van der Waals surface area (Å²) in [6.07, 6.45) is 3.22. The molecule has 2 aliphatic heterocycles. The molecule has 4 atom stereocenters. The van der Waals surface area contributed by atoms with Crippen molar-refractivity contribution in [2.45, 2.75) is 52.2 Å². The largest absolute Gasteiger partial charge is 0.377 e. The molecule has 1 aliphatic carbocycles. The van der Waals surface area contributed by atoms with E-state index in [0.29, 0.717) is 30.4 Å². The fraction of sp³-hybridized carbons (Fsp3) is 0.941. The zero-order chi connectivity index (χ0) is 17.4. The number of nitrogens with one attached hydrogen (secondary N) is 2. The van der Waals surface area contributed by atoms with Gasteiger partial charge in [-0.3, -0.25) is 4.99 Å². The molecular formula is C17H31N3O3S. The van der Waals surface area contributed by atoms with Crippen molar-refractivity contribution in [3.05, 3.63) is 0 Å². The minimum absolute atomic E-state index is 0.104. The van der Waals surface area contributed by atoms with E-state index < -0.39 is 9.84 Å². The summed E-state index contributed by atoms with van der Waals surface area (Å²) in [5, 5.41) is 6.98. The van der Waals surface area contributed by atoms with Gasteiger partial charge in [0.25, 0.3) is 0 Å². The van der Waals surface area contributed by atoms with Gasteiger partial charge in [0.15, 0.2) is 15.8 Å². The lowest BCUT2D eigenvalue weighted by molar-refractivity contribution is -0.106. The smallest absolute Gasteiger partial charge is 0.191 e. The monoisotopic (exact) mass is 357 g/mol. The van der Waals surface area contributed by atoms with Gasteiger partial charge in [-0.15, -0.1) is 0 Å². The van der Waals surface area contributed by atoms with Crippen LogP contribution in [0, 0.1) is 17.3 Å². The second-order valence-electron chi connectivity index (χ2n) is 8.07. The number of hydrogen-bond acceptors (Lipinski definition) is 4. The molecule has 0 amide bonds. The van der Waals surface area contributed by atoms with Crippen LogP contribution in [0.15, 0.2) is 4.99 Å². The van der Waals surface area contributed by atoms with Crippen LogP contribution in [-0.2, 0) is 14.6 Å². The first-order valence-corrected chi connectivity index (χ1v) is 11.0. The second kappa shape index (κ2) is 6.83. The number of ether oxygens (including phenoxy) is 1. The van der Waals surface area contributed by atoms with Crippen molar-refractivity contribution < 1.29 is 13.2 Å². The molecule has 3 aliphatic rings. The maximum Gasteiger partial charge on any atom is 0.191 e. The van der Waals surface area contributed by atoms with Gasteiger partial charge in [-0.2, -0.15) is 0 Å². The van der Waals surface area contributed by atoms with Gasteiger partial charge in [-0.1, -0.05) is 20.8 Å². The van der Waals surface area contributed by atoms with E-state index in [1.165, 1.54) is 0 Å². The van der Waals surface area contributed by atoms with Crippen LogP contribution in [0.3, 0.4) is 0 Å². The van der Waals surface area contributed by atoms with Crippen molar-refractivity contribution in [2.24, 2.45) is 22.2 Å². The van der Waals surface area contributed by atoms with E-state index in [1.54, 1.807) is 0 Å². The third-order valence-corrected chi connectivity index (χ3v) is 7.61. The summed E-state index contributed by atoms with van der Waals surface area (Å²) in [7, 11) is -2.83. The standard InChI is InChI=1S/C17H31N3O3S/c1-4-7-18-16(19-10-12-6-9-24(21,22)11-12)20-14-13-5-8-23-15(13)17(14,2)3/h12-15H,4-11H2,1-3H3,(H2,18,19,20). The Morgan fingerprint density at radius 2 is 2.12 bits per heavy atom. The summed E-state index contributed by atoms with van der Waals surface area (Å²) in [5.74, 6) is 2.14. The highest BCUT2D eigenvalue weighted by Crippen LogP contribution is 2.52. The topological polar surface area (TPSA) is 79.8 Å². The molecule has 24 heavy (non-hydrogen) atoms. The van der Waals surface area contributed by atoms with E-state index in [-0.39, 0.29) is 17.1 Å². The molecule has 0 aromatic rings. The highest BCUT2D eigenvalue weighted by Gasteiger charge is 2.59. The van der Waals surface area contributed by atoms with E-state index in [0.717, 1.165) is 38.4 Å². The lowest BCUT2D eigenvalue weighted by atomic mass is 9.57. The van der Waals surface area contributed by atoms with Crippen molar-refractivity contribution in [1.29, 1.82) is 0 Å². The SMILES string of the molecule is CCCNC(=NCC1CCS(=O)(=O)C1)NC1C2CCOC2C1(C)C. The molecule has 3 rings (SSSR count). The predicted octanol–water partition coefficient (Wildman–Crippen LogP) is 1.18. The molecule has 2 saturated heterocycles. The van der Waals surface area contributed by atoms with Gasteiger partial charge in [0.1, 0.15) is 0 Å². The van der Waals surface area contributed by atoms with Crippen LogP contribution < -0.4 is 10.6 Å². The Bertz CT molecular complexity index is 588. The Labute approximate surface area is 145 Å². The molecule has 1 saturated carbocycles. The summed E-state index contributed by atoms with van der Waals surface area (Å²) in [4.78, 5) is 4.70. The average Bonchev–Trinajstić information content (AvgIpc) is 3.11. The lowest BCUT2D eigenvalue weighted by Crippen LogP contribution is -2.68. The van der Waals surface area contributed by atoms with Gasteiger partial charge < -0.3 is 15.4 Å². The molecule has 7 heteroatoms. The molecule has 2 heterocycles. The first-order chi connectivity index (χ1) is 11.3. The van der Waals surface area contributed by atoms with Crippen LogP contribution in [0.5, 0.6) is 0 Å². The summed E-state index contributed by atoms with van der Waals surface area (Å²) in [6.45, 7) is 8.92. The fourth-order valence-corrected chi connectivity index (χ4v) is 6.25. The highest BCUT2D eigenvalue weighted by molar-refractivity contribution is 7.91. The van der Waals surface area contributed by atoms with Gasteiger partial charge in [0.05, 0.1) is 17.6 Å². The molecule has 2 N–H and O–H groups in total. The number of aliphatic imine (C=N–C) groups is 1. The third-order valence-electron chi connectivity index (χ3n) is 5.77. The molecule has 0 spiro atoms. The van der Waals surface area contributed by atoms with Crippen molar-refractivity contribution in [3.63, 3.8) is 0 Å². The van der Waals surface area contributed by atoms with Gasteiger partial charge in [-0.25, -0.2) is 8.42 Å². The molecule has 0 aromatic heterocycles. The van der Waals surface area contributed by atoms with Crippen LogP contribution in [0.4, 0.5) is 0 Å². The van der Waals surface area contributed by atoms with Crippen LogP contribution in [0.2, 0.25) is 0 Å². The Morgan fingerprint density at radius 3 is 2.79 bits per heavy atom.